The Balaban J connectivity index is 1.64. The second-order valence-electron chi connectivity index (χ2n) is 6.08. The van der Waals surface area contributed by atoms with E-state index in [-0.39, 0.29) is 23.7 Å². The van der Waals surface area contributed by atoms with Crippen molar-refractivity contribution in [2.45, 2.75) is 63.2 Å². The number of carbonyl (C=O) groups excluding carboxylic acids is 1. The van der Waals surface area contributed by atoms with Gasteiger partial charge in [-0.3, -0.25) is 4.79 Å². The number of hydrogen-bond donors (Lipinski definition) is 2. The molecule has 1 saturated heterocycles. The molecule has 0 aromatic rings. The van der Waals surface area contributed by atoms with Gasteiger partial charge in [0.1, 0.15) is 0 Å². The van der Waals surface area contributed by atoms with Gasteiger partial charge in [0.25, 0.3) is 0 Å². The van der Waals surface area contributed by atoms with Crippen molar-refractivity contribution in [1.29, 1.82) is 0 Å². The molecule has 1 amide bonds. The van der Waals surface area contributed by atoms with Crippen molar-refractivity contribution >= 4 is 5.91 Å². The predicted octanol–water partition coefficient (Wildman–Crippen LogP) is 1.22. The van der Waals surface area contributed by atoms with Crippen LogP contribution in [-0.2, 0) is 14.3 Å². The lowest BCUT2D eigenvalue weighted by Gasteiger charge is -2.24. The van der Waals surface area contributed by atoms with Crippen LogP contribution in [0.2, 0.25) is 0 Å². The first-order valence-corrected chi connectivity index (χ1v) is 7.83. The van der Waals surface area contributed by atoms with Gasteiger partial charge in [-0.15, -0.1) is 0 Å². The lowest BCUT2D eigenvalue weighted by Crippen LogP contribution is -2.45. The van der Waals surface area contributed by atoms with Gasteiger partial charge in [0.05, 0.1) is 24.4 Å². The van der Waals surface area contributed by atoms with Gasteiger partial charge in [0.2, 0.25) is 5.91 Å². The monoisotopic (exact) mass is 284 g/mol. The molecule has 0 aromatic heterocycles. The third kappa shape index (κ3) is 4.17. The van der Waals surface area contributed by atoms with Crippen molar-refractivity contribution in [3.8, 4) is 0 Å². The third-order valence-electron chi connectivity index (χ3n) is 4.50. The van der Waals surface area contributed by atoms with Gasteiger partial charge < -0.3 is 20.1 Å². The minimum Gasteiger partial charge on any atom is -0.383 e. The highest BCUT2D eigenvalue weighted by Crippen LogP contribution is 2.43. The van der Waals surface area contributed by atoms with Crippen molar-refractivity contribution in [2.75, 3.05) is 26.8 Å². The zero-order chi connectivity index (χ0) is 14.4. The number of hydrogen-bond acceptors (Lipinski definition) is 4. The highest BCUT2D eigenvalue weighted by Gasteiger charge is 2.41. The fraction of sp³-hybridized carbons (Fsp3) is 0.933. The van der Waals surface area contributed by atoms with Crippen LogP contribution in [0.4, 0.5) is 0 Å². The normalized spacial score (nSPS) is 26.0. The van der Waals surface area contributed by atoms with E-state index in [0.29, 0.717) is 13.2 Å². The summed E-state index contributed by atoms with van der Waals surface area (Å²) < 4.78 is 11.1. The number of carbonyl (C=O) groups is 1. The molecule has 2 N–H and O–H groups in total. The van der Waals surface area contributed by atoms with Crippen LogP contribution in [0, 0.1) is 0 Å². The lowest BCUT2D eigenvalue weighted by molar-refractivity contribution is -0.123. The Labute approximate surface area is 121 Å². The molecular formula is C15H28N2O3. The molecule has 0 aromatic carbocycles. The third-order valence-corrected chi connectivity index (χ3v) is 4.50. The molecule has 2 fully saturated rings. The van der Waals surface area contributed by atoms with Gasteiger partial charge in [-0.1, -0.05) is 12.8 Å². The van der Waals surface area contributed by atoms with E-state index in [1.807, 2.05) is 6.92 Å². The minimum atomic E-state index is -0.185. The van der Waals surface area contributed by atoms with E-state index in [1.54, 1.807) is 7.11 Å². The standard InChI is InChI=1S/C15H28N2O3/c1-12(14(18)16-9-10-19-2)17-11-13-5-8-15(20-13)6-3-4-7-15/h12-13,17H,3-11H2,1-2H3,(H,16,18). The zero-order valence-electron chi connectivity index (χ0n) is 12.7. The summed E-state index contributed by atoms with van der Waals surface area (Å²) in [5.74, 6) is 0.0237. The summed E-state index contributed by atoms with van der Waals surface area (Å²) >= 11 is 0. The summed E-state index contributed by atoms with van der Waals surface area (Å²) in [6.07, 6.45) is 7.62. The Morgan fingerprint density at radius 3 is 2.85 bits per heavy atom. The van der Waals surface area contributed by atoms with Crippen molar-refractivity contribution < 1.29 is 14.3 Å². The van der Waals surface area contributed by atoms with Gasteiger partial charge >= 0.3 is 0 Å². The highest BCUT2D eigenvalue weighted by atomic mass is 16.5. The Bertz CT molecular complexity index is 316. The molecular weight excluding hydrogens is 256 g/mol. The topological polar surface area (TPSA) is 59.6 Å². The van der Waals surface area contributed by atoms with E-state index >= 15 is 0 Å². The smallest absolute Gasteiger partial charge is 0.236 e. The molecule has 1 heterocycles. The van der Waals surface area contributed by atoms with Gasteiger partial charge in [0.15, 0.2) is 0 Å². The molecule has 2 rings (SSSR count). The Hall–Kier alpha value is -0.650. The number of rotatable bonds is 7. The molecule has 2 aliphatic rings. The summed E-state index contributed by atoms with van der Waals surface area (Å²) in [6.45, 7) is 3.76. The number of methoxy groups -OCH3 is 1. The largest absolute Gasteiger partial charge is 0.383 e. The van der Waals surface area contributed by atoms with E-state index in [2.05, 4.69) is 10.6 Å². The van der Waals surface area contributed by atoms with Crippen LogP contribution in [0.5, 0.6) is 0 Å². The Morgan fingerprint density at radius 1 is 1.40 bits per heavy atom. The molecule has 0 bridgehead atoms. The predicted molar refractivity (Wildman–Crippen MR) is 77.7 cm³/mol. The Morgan fingerprint density at radius 2 is 2.15 bits per heavy atom. The van der Waals surface area contributed by atoms with E-state index in [4.69, 9.17) is 9.47 Å². The molecule has 5 heteroatoms. The van der Waals surface area contributed by atoms with Crippen LogP contribution < -0.4 is 10.6 Å². The second-order valence-corrected chi connectivity index (χ2v) is 6.08. The van der Waals surface area contributed by atoms with Crippen molar-refractivity contribution in [2.24, 2.45) is 0 Å². The number of ether oxygens (including phenoxy) is 2. The van der Waals surface area contributed by atoms with Crippen LogP contribution in [0.25, 0.3) is 0 Å². The van der Waals surface area contributed by atoms with E-state index in [0.717, 1.165) is 13.0 Å². The number of nitrogens with one attached hydrogen (secondary N) is 2. The van der Waals surface area contributed by atoms with Crippen molar-refractivity contribution in [1.82, 2.24) is 10.6 Å². The van der Waals surface area contributed by atoms with Crippen LogP contribution in [0.15, 0.2) is 0 Å². The first kappa shape index (κ1) is 15.7. The van der Waals surface area contributed by atoms with Crippen LogP contribution >= 0.6 is 0 Å². The van der Waals surface area contributed by atoms with Gasteiger partial charge in [0, 0.05) is 20.2 Å². The highest BCUT2D eigenvalue weighted by molar-refractivity contribution is 5.81. The minimum absolute atomic E-state index is 0.0237. The van der Waals surface area contributed by atoms with Crippen LogP contribution in [-0.4, -0.2) is 50.5 Å². The molecule has 0 radical (unpaired) electrons. The van der Waals surface area contributed by atoms with Gasteiger partial charge in [-0.05, 0) is 32.6 Å². The molecule has 1 saturated carbocycles. The van der Waals surface area contributed by atoms with Gasteiger partial charge in [-0.25, -0.2) is 0 Å². The summed E-state index contributed by atoms with van der Waals surface area (Å²) in [5, 5.41) is 6.12. The van der Waals surface area contributed by atoms with Gasteiger partial charge in [-0.2, -0.15) is 0 Å². The summed E-state index contributed by atoms with van der Waals surface area (Å²) in [5.41, 5.74) is 0.177. The average molecular weight is 284 g/mol. The lowest BCUT2D eigenvalue weighted by atomic mass is 9.98. The molecule has 2 unspecified atom stereocenters. The van der Waals surface area contributed by atoms with Crippen LogP contribution in [0.3, 0.4) is 0 Å². The summed E-state index contributed by atoms with van der Waals surface area (Å²) in [4.78, 5) is 11.8. The number of amides is 1. The molecule has 1 spiro atoms. The average Bonchev–Trinajstić information content (AvgIpc) is 3.07. The molecule has 2 atom stereocenters. The first-order chi connectivity index (χ1) is 9.65. The van der Waals surface area contributed by atoms with Crippen molar-refractivity contribution in [3.05, 3.63) is 0 Å². The van der Waals surface area contributed by atoms with E-state index in [1.165, 1.54) is 32.1 Å². The second kappa shape index (κ2) is 7.38. The zero-order valence-corrected chi connectivity index (χ0v) is 12.7. The first-order valence-electron chi connectivity index (χ1n) is 7.83. The maximum absolute atomic E-state index is 11.8. The van der Waals surface area contributed by atoms with Crippen LogP contribution in [0.1, 0.15) is 45.4 Å². The molecule has 116 valence electrons. The summed E-state index contributed by atoms with van der Waals surface area (Å²) in [6, 6.07) is -0.185. The van der Waals surface area contributed by atoms with E-state index in [9.17, 15) is 4.79 Å². The Kier molecular flexibility index (Phi) is 5.81. The maximum atomic E-state index is 11.8. The molecule has 20 heavy (non-hydrogen) atoms. The fourth-order valence-corrected chi connectivity index (χ4v) is 3.26. The molecule has 1 aliphatic heterocycles. The maximum Gasteiger partial charge on any atom is 0.236 e. The fourth-order valence-electron chi connectivity index (χ4n) is 3.26. The molecule has 1 aliphatic carbocycles. The van der Waals surface area contributed by atoms with E-state index < -0.39 is 0 Å². The SMILES string of the molecule is COCCNC(=O)C(C)NCC1CCC2(CCCC2)O1. The van der Waals surface area contributed by atoms with Crippen molar-refractivity contribution in [3.63, 3.8) is 0 Å². The summed E-state index contributed by atoms with van der Waals surface area (Å²) in [7, 11) is 1.63. The molecule has 5 nitrogen and oxygen atoms in total. The quantitative estimate of drug-likeness (QED) is 0.690.